The number of sulfonamides is 1. The van der Waals surface area contributed by atoms with Gasteiger partial charge in [-0.3, -0.25) is 19.6 Å². The first-order valence-corrected chi connectivity index (χ1v) is 11.0. The number of aromatic nitrogens is 1. The number of hydrogen-bond donors (Lipinski definition) is 2. The number of ether oxygens (including phenoxy) is 1. The standard InChI is InChI=1S/C21H20N4O6S/c1-2-31-20-12-15(10-11-22-20)14-23-21(26)16-6-8-17(9-7-16)24-32(29,30)19-5-3-4-18(13-19)25(27)28/h3-13,24H,2,14H2,1H3,(H,23,26). The van der Waals surface area contributed by atoms with Crippen LogP contribution in [0.4, 0.5) is 11.4 Å². The van der Waals surface area contributed by atoms with E-state index in [1.165, 1.54) is 42.5 Å². The number of rotatable bonds is 9. The Balaban J connectivity index is 1.64. The van der Waals surface area contributed by atoms with E-state index >= 15 is 0 Å². The van der Waals surface area contributed by atoms with E-state index in [9.17, 15) is 23.3 Å². The van der Waals surface area contributed by atoms with Crippen LogP contribution in [0.25, 0.3) is 0 Å². The first-order valence-electron chi connectivity index (χ1n) is 9.52. The molecule has 0 aliphatic heterocycles. The van der Waals surface area contributed by atoms with Crippen molar-refractivity contribution in [1.82, 2.24) is 10.3 Å². The van der Waals surface area contributed by atoms with E-state index in [1.54, 1.807) is 18.3 Å². The minimum absolute atomic E-state index is 0.212. The van der Waals surface area contributed by atoms with Gasteiger partial charge < -0.3 is 10.1 Å². The molecule has 0 radical (unpaired) electrons. The average molecular weight is 456 g/mol. The molecule has 0 saturated heterocycles. The number of nitro groups is 1. The Bertz CT molecular complexity index is 1230. The summed E-state index contributed by atoms with van der Waals surface area (Å²) in [6.45, 7) is 2.60. The molecule has 0 fully saturated rings. The maximum atomic E-state index is 12.5. The number of carbonyl (C=O) groups is 1. The molecule has 11 heteroatoms. The molecule has 0 aliphatic carbocycles. The van der Waals surface area contributed by atoms with E-state index in [4.69, 9.17) is 4.74 Å². The number of carbonyl (C=O) groups excluding carboxylic acids is 1. The fraction of sp³-hybridized carbons (Fsp3) is 0.143. The Morgan fingerprint density at radius 3 is 2.56 bits per heavy atom. The third-order valence-electron chi connectivity index (χ3n) is 4.28. The Morgan fingerprint density at radius 1 is 1.12 bits per heavy atom. The first-order chi connectivity index (χ1) is 15.3. The number of hydrogen-bond acceptors (Lipinski definition) is 7. The van der Waals surface area contributed by atoms with Gasteiger partial charge in [-0.2, -0.15) is 0 Å². The number of nitrogens with one attached hydrogen (secondary N) is 2. The quantitative estimate of drug-likeness (QED) is 0.372. The lowest BCUT2D eigenvalue weighted by Crippen LogP contribution is -2.22. The highest BCUT2D eigenvalue weighted by atomic mass is 32.2. The fourth-order valence-electron chi connectivity index (χ4n) is 2.74. The fourth-order valence-corrected chi connectivity index (χ4v) is 3.84. The predicted molar refractivity (Wildman–Crippen MR) is 117 cm³/mol. The van der Waals surface area contributed by atoms with Gasteiger partial charge in [-0.25, -0.2) is 13.4 Å². The number of non-ortho nitro benzene ring substituents is 1. The van der Waals surface area contributed by atoms with E-state index in [-0.39, 0.29) is 28.7 Å². The number of anilines is 1. The third kappa shape index (κ3) is 5.79. The van der Waals surface area contributed by atoms with Gasteiger partial charge in [0.15, 0.2) is 0 Å². The van der Waals surface area contributed by atoms with Gasteiger partial charge >= 0.3 is 0 Å². The molecule has 3 aromatic rings. The number of benzene rings is 2. The molecule has 3 rings (SSSR count). The van der Waals surface area contributed by atoms with Crippen molar-refractivity contribution in [3.8, 4) is 5.88 Å². The van der Waals surface area contributed by atoms with Crippen LogP contribution in [0.3, 0.4) is 0 Å². The van der Waals surface area contributed by atoms with E-state index < -0.39 is 14.9 Å². The number of nitro benzene ring substituents is 1. The van der Waals surface area contributed by atoms with Gasteiger partial charge in [0.25, 0.3) is 21.6 Å². The Kier molecular flexibility index (Phi) is 7.00. The molecule has 2 N–H and O–H groups in total. The highest BCUT2D eigenvalue weighted by Gasteiger charge is 2.18. The SMILES string of the molecule is CCOc1cc(CNC(=O)c2ccc(NS(=O)(=O)c3cccc([N+](=O)[O-])c3)cc2)ccn1. The van der Waals surface area contributed by atoms with Crippen molar-refractivity contribution in [2.75, 3.05) is 11.3 Å². The van der Waals surface area contributed by atoms with Crippen LogP contribution >= 0.6 is 0 Å². The lowest BCUT2D eigenvalue weighted by Gasteiger charge is -2.10. The molecule has 0 unspecified atom stereocenters. The van der Waals surface area contributed by atoms with Crippen molar-refractivity contribution < 1.29 is 22.9 Å². The topological polar surface area (TPSA) is 141 Å². The normalized spacial score (nSPS) is 10.9. The average Bonchev–Trinajstić information content (AvgIpc) is 2.78. The van der Waals surface area contributed by atoms with E-state index in [0.29, 0.717) is 18.1 Å². The van der Waals surface area contributed by atoms with Gasteiger partial charge in [0.2, 0.25) is 5.88 Å². The minimum Gasteiger partial charge on any atom is -0.478 e. The summed E-state index contributed by atoms with van der Waals surface area (Å²) in [5, 5.41) is 13.6. The van der Waals surface area contributed by atoms with Gasteiger partial charge in [0.1, 0.15) is 0 Å². The monoisotopic (exact) mass is 456 g/mol. The van der Waals surface area contributed by atoms with Crippen LogP contribution in [0.15, 0.2) is 71.8 Å². The Labute approximate surface area is 184 Å². The van der Waals surface area contributed by atoms with Gasteiger partial charge in [0.05, 0.1) is 16.4 Å². The van der Waals surface area contributed by atoms with Crippen molar-refractivity contribution in [2.24, 2.45) is 0 Å². The van der Waals surface area contributed by atoms with Crippen molar-refractivity contribution >= 4 is 27.3 Å². The predicted octanol–water partition coefficient (Wildman–Crippen LogP) is 3.12. The van der Waals surface area contributed by atoms with E-state index in [1.807, 2.05) is 6.92 Å². The highest BCUT2D eigenvalue weighted by Crippen LogP contribution is 2.21. The van der Waals surface area contributed by atoms with Gasteiger partial charge in [-0.05, 0) is 48.9 Å². The zero-order valence-corrected chi connectivity index (χ0v) is 17.8. The summed E-state index contributed by atoms with van der Waals surface area (Å²) in [4.78, 5) is 26.4. The molecular weight excluding hydrogens is 436 g/mol. The first kappa shape index (κ1) is 22.7. The number of nitrogens with zero attached hydrogens (tertiary/aromatic N) is 2. The van der Waals surface area contributed by atoms with Crippen LogP contribution in [0.1, 0.15) is 22.8 Å². The van der Waals surface area contributed by atoms with Gasteiger partial charge in [-0.1, -0.05) is 6.07 Å². The van der Waals surface area contributed by atoms with Crippen LogP contribution in [0.5, 0.6) is 5.88 Å². The number of amides is 1. The van der Waals surface area contributed by atoms with Gasteiger partial charge in [-0.15, -0.1) is 0 Å². The highest BCUT2D eigenvalue weighted by molar-refractivity contribution is 7.92. The zero-order chi connectivity index (χ0) is 23.1. The minimum atomic E-state index is -4.03. The van der Waals surface area contributed by atoms with Crippen LogP contribution in [0.2, 0.25) is 0 Å². The molecule has 2 aromatic carbocycles. The molecule has 0 saturated carbocycles. The molecule has 0 aliphatic rings. The van der Waals surface area contributed by atoms with Crippen LogP contribution in [-0.4, -0.2) is 30.8 Å². The zero-order valence-electron chi connectivity index (χ0n) is 17.0. The summed E-state index contributed by atoms with van der Waals surface area (Å²) in [7, 11) is -4.03. The third-order valence-corrected chi connectivity index (χ3v) is 5.66. The van der Waals surface area contributed by atoms with E-state index in [2.05, 4.69) is 15.0 Å². The van der Waals surface area contributed by atoms with Crippen LogP contribution in [0, 0.1) is 10.1 Å². The van der Waals surface area contributed by atoms with Crippen LogP contribution in [-0.2, 0) is 16.6 Å². The van der Waals surface area contributed by atoms with Crippen LogP contribution < -0.4 is 14.8 Å². The number of pyridine rings is 1. The van der Waals surface area contributed by atoms with Gasteiger partial charge in [0, 0.05) is 42.2 Å². The summed E-state index contributed by atoms with van der Waals surface area (Å²) in [5.74, 6) is 0.132. The Hall–Kier alpha value is -3.99. The summed E-state index contributed by atoms with van der Waals surface area (Å²) in [6.07, 6.45) is 1.59. The molecular formula is C21H20N4O6S. The maximum absolute atomic E-state index is 12.5. The lowest BCUT2D eigenvalue weighted by atomic mass is 10.2. The second kappa shape index (κ2) is 9.88. The Morgan fingerprint density at radius 2 is 1.88 bits per heavy atom. The summed E-state index contributed by atoms with van der Waals surface area (Å²) in [6, 6.07) is 14.0. The molecule has 1 heterocycles. The summed E-state index contributed by atoms with van der Waals surface area (Å²) in [5.41, 5.74) is 1.03. The molecule has 32 heavy (non-hydrogen) atoms. The molecule has 166 valence electrons. The van der Waals surface area contributed by atoms with Crippen molar-refractivity contribution in [1.29, 1.82) is 0 Å². The molecule has 0 atom stereocenters. The molecule has 1 amide bonds. The molecule has 0 bridgehead atoms. The second-order valence-corrected chi connectivity index (χ2v) is 8.24. The van der Waals surface area contributed by atoms with Crippen molar-refractivity contribution in [3.05, 3.63) is 88.1 Å². The maximum Gasteiger partial charge on any atom is 0.270 e. The molecule has 1 aromatic heterocycles. The smallest absolute Gasteiger partial charge is 0.270 e. The van der Waals surface area contributed by atoms with Crippen molar-refractivity contribution in [3.63, 3.8) is 0 Å². The molecule has 10 nitrogen and oxygen atoms in total. The summed E-state index contributed by atoms with van der Waals surface area (Å²) >= 11 is 0. The largest absolute Gasteiger partial charge is 0.478 e. The van der Waals surface area contributed by atoms with Crippen molar-refractivity contribution in [2.45, 2.75) is 18.4 Å². The lowest BCUT2D eigenvalue weighted by molar-refractivity contribution is -0.385. The summed E-state index contributed by atoms with van der Waals surface area (Å²) < 4.78 is 32.7. The van der Waals surface area contributed by atoms with E-state index in [0.717, 1.165) is 11.6 Å². The molecule has 0 spiro atoms. The second-order valence-electron chi connectivity index (χ2n) is 6.56.